The minimum atomic E-state index is -3.33. The first-order chi connectivity index (χ1) is 8.83. The summed E-state index contributed by atoms with van der Waals surface area (Å²) in [5, 5.41) is 0. The van der Waals surface area contributed by atoms with Crippen molar-refractivity contribution in [1.29, 1.82) is 0 Å². The van der Waals surface area contributed by atoms with Gasteiger partial charge in [-0.3, -0.25) is 4.72 Å². The molecule has 1 aliphatic rings. The molecule has 1 saturated carbocycles. The van der Waals surface area contributed by atoms with Crippen LogP contribution in [-0.4, -0.2) is 26.9 Å². The topological polar surface area (TPSA) is 64.6 Å². The van der Waals surface area contributed by atoms with Crippen molar-refractivity contribution in [2.45, 2.75) is 38.9 Å². The van der Waals surface area contributed by atoms with E-state index in [1.165, 1.54) is 0 Å². The average molecular weight is 285 g/mol. The lowest BCUT2D eigenvalue weighted by Crippen LogP contribution is -2.13. The average Bonchev–Trinajstić information content (AvgIpc) is 3.03. The predicted octanol–water partition coefficient (Wildman–Crippen LogP) is 2.39. The molecule has 19 heavy (non-hydrogen) atoms. The van der Waals surface area contributed by atoms with E-state index in [0.29, 0.717) is 23.3 Å². The van der Waals surface area contributed by atoms with Gasteiger partial charge in [0.25, 0.3) is 0 Å². The van der Waals surface area contributed by atoms with Crippen molar-refractivity contribution in [2.75, 3.05) is 11.0 Å². The van der Waals surface area contributed by atoms with Gasteiger partial charge in [-0.15, -0.1) is 0 Å². The van der Waals surface area contributed by atoms with Gasteiger partial charge in [0.2, 0.25) is 10.0 Å². The van der Waals surface area contributed by atoms with Crippen LogP contribution >= 0.6 is 0 Å². The third-order valence-corrected chi connectivity index (χ3v) is 3.03. The van der Waals surface area contributed by atoms with Gasteiger partial charge in [-0.05, 0) is 38.8 Å². The molecule has 0 aliphatic heterocycles. The van der Waals surface area contributed by atoms with Gasteiger partial charge in [0.15, 0.2) is 0 Å². The van der Waals surface area contributed by atoms with Gasteiger partial charge >= 0.3 is 0 Å². The highest BCUT2D eigenvalue weighted by Crippen LogP contribution is 2.34. The fourth-order valence-corrected chi connectivity index (χ4v) is 2.16. The molecule has 1 aromatic carbocycles. The molecule has 0 unspecified atom stereocenters. The molecule has 1 N–H and O–H groups in total. The van der Waals surface area contributed by atoms with Gasteiger partial charge in [0.05, 0.1) is 24.2 Å². The summed E-state index contributed by atoms with van der Waals surface area (Å²) in [7, 11) is -3.33. The van der Waals surface area contributed by atoms with E-state index >= 15 is 0 Å². The molecule has 106 valence electrons. The summed E-state index contributed by atoms with van der Waals surface area (Å²) in [6.07, 6.45) is 3.51. The van der Waals surface area contributed by atoms with Crippen LogP contribution in [0, 0.1) is 0 Å². The number of anilines is 1. The van der Waals surface area contributed by atoms with E-state index in [1.54, 1.807) is 18.2 Å². The maximum absolute atomic E-state index is 11.3. The molecule has 1 fully saturated rings. The molecule has 0 atom stereocenters. The van der Waals surface area contributed by atoms with Crippen molar-refractivity contribution in [3.8, 4) is 11.5 Å². The molecule has 0 heterocycles. The molecule has 2 rings (SSSR count). The van der Waals surface area contributed by atoms with Crippen molar-refractivity contribution >= 4 is 15.7 Å². The first-order valence-corrected chi connectivity index (χ1v) is 8.18. The number of rotatable bonds is 6. The number of benzene rings is 1. The molecule has 0 spiro atoms. The third kappa shape index (κ3) is 4.63. The lowest BCUT2D eigenvalue weighted by Gasteiger charge is -2.16. The second-order valence-corrected chi connectivity index (χ2v) is 6.76. The van der Waals surface area contributed by atoms with Gasteiger partial charge < -0.3 is 9.47 Å². The Kier molecular flexibility index (Phi) is 3.89. The van der Waals surface area contributed by atoms with Crippen LogP contribution in [-0.2, 0) is 10.0 Å². The first kappa shape index (κ1) is 14.0. The normalized spacial score (nSPS) is 15.4. The number of nitrogens with one attached hydrogen (secondary N) is 1. The van der Waals surface area contributed by atoms with E-state index in [9.17, 15) is 8.42 Å². The quantitative estimate of drug-likeness (QED) is 0.871. The maximum atomic E-state index is 11.3. The maximum Gasteiger partial charge on any atom is 0.229 e. The van der Waals surface area contributed by atoms with Crippen LogP contribution in [0.2, 0.25) is 0 Å². The Labute approximate surface area is 114 Å². The summed E-state index contributed by atoms with van der Waals surface area (Å²) in [5.41, 5.74) is 0.430. The van der Waals surface area contributed by atoms with E-state index in [1.807, 2.05) is 13.8 Å². The Morgan fingerprint density at radius 3 is 2.53 bits per heavy atom. The van der Waals surface area contributed by atoms with Crippen LogP contribution in [0.4, 0.5) is 5.69 Å². The molecule has 6 heteroatoms. The van der Waals surface area contributed by atoms with Crippen molar-refractivity contribution in [1.82, 2.24) is 0 Å². The van der Waals surface area contributed by atoms with Gasteiger partial charge in [-0.2, -0.15) is 0 Å². The van der Waals surface area contributed by atoms with Crippen molar-refractivity contribution in [2.24, 2.45) is 0 Å². The van der Waals surface area contributed by atoms with Gasteiger partial charge in [0, 0.05) is 6.07 Å². The molecule has 0 aromatic heterocycles. The molecule has 5 nitrogen and oxygen atoms in total. The summed E-state index contributed by atoms with van der Waals surface area (Å²) in [6.45, 7) is 3.78. The molecule has 1 aromatic rings. The van der Waals surface area contributed by atoms with E-state index < -0.39 is 10.0 Å². The Morgan fingerprint density at radius 2 is 2.00 bits per heavy atom. The molecule has 0 bridgehead atoms. The van der Waals surface area contributed by atoms with Crippen LogP contribution in [0.15, 0.2) is 18.2 Å². The van der Waals surface area contributed by atoms with E-state index in [0.717, 1.165) is 19.1 Å². The highest BCUT2D eigenvalue weighted by atomic mass is 32.2. The molecular weight excluding hydrogens is 266 g/mol. The number of hydrogen-bond acceptors (Lipinski definition) is 4. The zero-order valence-corrected chi connectivity index (χ0v) is 12.2. The van der Waals surface area contributed by atoms with Crippen LogP contribution in [0.5, 0.6) is 11.5 Å². The molecule has 1 aliphatic carbocycles. The molecule has 0 amide bonds. The fraction of sp³-hybridized carbons (Fsp3) is 0.538. The zero-order chi connectivity index (χ0) is 14.0. The Bertz CT molecular complexity index is 550. The van der Waals surface area contributed by atoms with Crippen LogP contribution in [0.25, 0.3) is 0 Å². The van der Waals surface area contributed by atoms with E-state index in [2.05, 4.69) is 4.72 Å². The highest BCUT2D eigenvalue weighted by Gasteiger charge is 2.24. The smallest absolute Gasteiger partial charge is 0.229 e. The highest BCUT2D eigenvalue weighted by molar-refractivity contribution is 7.92. The van der Waals surface area contributed by atoms with E-state index in [4.69, 9.17) is 9.47 Å². The minimum absolute atomic E-state index is 0.0451. The van der Waals surface area contributed by atoms with Gasteiger partial charge in [-0.1, -0.05) is 0 Å². The standard InChI is InChI=1S/C13H19NO4S/c1-9(2)17-13-8-11(18-10-4-5-10)6-7-12(13)14-19(3,15)16/h6-10,14H,4-5H2,1-3H3. The summed E-state index contributed by atoms with van der Waals surface area (Å²) >= 11 is 0. The van der Waals surface area contributed by atoms with Crippen LogP contribution in [0.3, 0.4) is 0 Å². The molecule has 0 radical (unpaired) electrons. The van der Waals surface area contributed by atoms with Crippen LogP contribution < -0.4 is 14.2 Å². The summed E-state index contributed by atoms with van der Waals surface area (Å²) < 4.78 is 36.4. The van der Waals surface area contributed by atoms with Crippen molar-refractivity contribution in [3.63, 3.8) is 0 Å². The lowest BCUT2D eigenvalue weighted by atomic mass is 10.2. The second kappa shape index (κ2) is 5.28. The van der Waals surface area contributed by atoms with Crippen molar-refractivity contribution in [3.05, 3.63) is 18.2 Å². The minimum Gasteiger partial charge on any atom is -0.490 e. The molecule has 0 saturated heterocycles. The predicted molar refractivity (Wildman–Crippen MR) is 74.3 cm³/mol. The summed E-state index contributed by atoms with van der Waals surface area (Å²) in [4.78, 5) is 0. The van der Waals surface area contributed by atoms with Crippen LogP contribution in [0.1, 0.15) is 26.7 Å². The summed E-state index contributed by atoms with van der Waals surface area (Å²) in [5.74, 6) is 1.19. The SMILES string of the molecule is CC(C)Oc1cc(OC2CC2)ccc1NS(C)(=O)=O. The largest absolute Gasteiger partial charge is 0.490 e. The fourth-order valence-electron chi connectivity index (χ4n) is 1.59. The first-order valence-electron chi connectivity index (χ1n) is 6.28. The lowest BCUT2D eigenvalue weighted by molar-refractivity contribution is 0.241. The molecular formula is C13H19NO4S. The van der Waals surface area contributed by atoms with Crippen molar-refractivity contribution < 1.29 is 17.9 Å². The summed E-state index contributed by atoms with van der Waals surface area (Å²) in [6, 6.07) is 5.14. The van der Waals surface area contributed by atoms with E-state index in [-0.39, 0.29) is 6.10 Å². The third-order valence-electron chi connectivity index (χ3n) is 2.44. The zero-order valence-electron chi connectivity index (χ0n) is 11.3. The van der Waals surface area contributed by atoms with Gasteiger partial charge in [0.1, 0.15) is 11.5 Å². The number of sulfonamides is 1. The number of ether oxygens (including phenoxy) is 2. The van der Waals surface area contributed by atoms with Gasteiger partial charge in [-0.25, -0.2) is 8.42 Å². The Hall–Kier alpha value is -1.43. The Balaban J connectivity index is 2.24. The monoisotopic (exact) mass is 285 g/mol. The Morgan fingerprint density at radius 1 is 1.32 bits per heavy atom. The number of hydrogen-bond donors (Lipinski definition) is 1. The second-order valence-electron chi connectivity index (χ2n) is 5.02.